The molecule has 2 heteroatoms. The molecular formula is C12H21NO. The van der Waals surface area contributed by atoms with E-state index >= 15 is 0 Å². The molecule has 0 radical (unpaired) electrons. The molecule has 2 unspecified atom stereocenters. The van der Waals surface area contributed by atoms with E-state index in [0.29, 0.717) is 12.1 Å². The summed E-state index contributed by atoms with van der Waals surface area (Å²) in [6.45, 7) is 8.85. The van der Waals surface area contributed by atoms with Crippen LogP contribution in [0, 0.1) is 5.92 Å². The second-order valence-corrected chi connectivity index (χ2v) is 4.43. The molecule has 0 saturated carbocycles. The maximum Gasteiger partial charge on any atom is 0.120 e. The molecule has 1 N–H and O–H groups in total. The Hall–Kier alpha value is -0.760. The largest absolute Gasteiger partial charge is 0.468 e. The zero-order chi connectivity index (χ0) is 10.6. The third-order valence-corrected chi connectivity index (χ3v) is 2.33. The minimum absolute atomic E-state index is 0.304. The molecule has 0 aliphatic rings. The summed E-state index contributed by atoms with van der Waals surface area (Å²) in [5.74, 6) is 1.75. The van der Waals surface area contributed by atoms with Crippen molar-refractivity contribution >= 4 is 0 Å². The van der Waals surface area contributed by atoms with Gasteiger partial charge in [0.25, 0.3) is 0 Å². The van der Waals surface area contributed by atoms with Gasteiger partial charge in [0.05, 0.1) is 12.3 Å². The molecule has 2 atom stereocenters. The van der Waals surface area contributed by atoms with Crippen molar-refractivity contribution in [2.24, 2.45) is 5.92 Å². The van der Waals surface area contributed by atoms with E-state index < -0.39 is 0 Å². The van der Waals surface area contributed by atoms with Gasteiger partial charge in [0.1, 0.15) is 5.76 Å². The van der Waals surface area contributed by atoms with E-state index in [1.165, 1.54) is 6.42 Å². The molecule has 0 aliphatic carbocycles. The maximum atomic E-state index is 5.34. The monoisotopic (exact) mass is 195 g/mol. The second kappa shape index (κ2) is 5.20. The number of furan rings is 1. The quantitative estimate of drug-likeness (QED) is 0.779. The van der Waals surface area contributed by atoms with Crippen molar-refractivity contribution in [3.63, 3.8) is 0 Å². The first kappa shape index (κ1) is 11.3. The molecular weight excluding hydrogens is 174 g/mol. The van der Waals surface area contributed by atoms with Gasteiger partial charge >= 0.3 is 0 Å². The number of hydrogen-bond acceptors (Lipinski definition) is 2. The summed E-state index contributed by atoms with van der Waals surface area (Å²) in [5, 5.41) is 3.52. The summed E-state index contributed by atoms with van der Waals surface area (Å²) in [6.07, 6.45) is 2.92. The zero-order valence-corrected chi connectivity index (χ0v) is 9.58. The van der Waals surface area contributed by atoms with Gasteiger partial charge in [-0.25, -0.2) is 0 Å². The van der Waals surface area contributed by atoms with Crippen molar-refractivity contribution in [1.29, 1.82) is 0 Å². The minimum atomic E-state index is 0.304. The molecule has 0 amide bonds. The van der Waals surface area contributed by atoms with Gasteiger partial charge in [0, 0.05) is 6.04 Å². The Morgan fingerprint density at radius 3 is 2.50 bits per heavy atom. The first-order chi connectivity index (χ1) is 6.59. The fourth-order valence-corrected chi connectivity index (χ4v) is 1.82. The molecule has 1 heterocycles. The standard InChI is InChI=1S/C12H21NO/c1-9(2)8-10(3)13-11(4)12-6-5-7-14-12/h5-7,9-11,13H,8H2,1-4H3. The van der Waals surface area contributed by atoms with Crippen LogP contribution >= 0.6 is 0 Å². The lowest BCUT2D eigenvalue weighted by molar-refractivity contribution is 0.365. The van der Waals surface area contributed by atoms with Crippen LogP contribution in [0.25, 0.3) is 0 Å². The summed E-state index contributed by atoms with van der Waals surface area (Å²) in [7, 11) is 0. The van der Waals surface area contributed by atoms with Crippen molar-refractivity contribution < 1.29 is 4.42 Å². The summed E-state index contributed by atoms with van der Waals surface area (Å²) in [4.78, 5) is 0. The molecule has 0 bridgehead atoms. The highest BCUT2D eigenvalue weighted by atomic mass is 16.3. The van der Waals surface area contributed by atoms with Crippen LogP contribution < -0.4 is 5.32 Å². The fraction of sp³-hybridized carbons (Fsp3) is 0.667. The van der Waals surface area contributed by atoms with Crippen molar-refractivity contribution in [3.05, 3.63) is 24.2 Å². The summed E-state index contributed by atoms with van der Waals surface area (Å²) < 4.78 is 5.34. The lowest BCUT2D eigenvalue weighted by Crippen LogP contribution is -2.29. The number of rotatable bonds is 5. The molecule has 80 valence electrons. The van der Waals surface area contributed by atoms with Crippen molar-refractivity contribution in [3.8, 4) is 0 Å². The van der Waals surface area contributed by atoms with Crippen molar-refractivity contribution in [1.82, 2.24) is 5.32 Å². The highest BCUT2D eigenvalue weighted by Gasteiger charge is 2.12. The Labute approximate surface area is 86.7 Å². The zero-order valence-electron chi connectivity index (χ0n) is 9.58. The van der Waals surface area contributed by atoms with Gasteiger partial charge in [-0.3, -0.25) is 0 Å². The van der Waals surface area contributed by atoms with Gasteiger partial charge in [-0.2, -0.15) is 0 Å². The molecule has 0 fully saturated rings. The lowest BCUT2D eigenvalue weighted by atomic mass is 10.0. The third kappa shape index (κ3) is 3.54. The highest BCUT2D eigenvalue weighted by molar-refractivity contribution is 5.03. The fourth-order valence-electron chi connectivity index (χ4n) is 1.82. The smallest absolute Gasteiger partial charge is 0.120 e. The minimum Gasteiger partial charge on any atom is -0.468 e. The predicted molar refractivity (Wildman–Crippen MR) is 59.2 cm³/mol. The van der Waals surface area contributed by atoms with Gasteiger partial charge in [-0.05, 0) is 38.3 Å². The Bertz CT molecular complexity index is 241. The van der Waals surface area contributed by atoms with Crippen LogP contribution in [-0.4, -0.2) is 6.04 Å². The Kier molecular flexibility index (Phi) is 4.21. The average molecular weight is 195 g/mol. The summed E-state index contributed by atoms with van der Waals surface area (Å²) in [6, 6.07) is 4.79. The molecule has 2 nitrogen and oxygen atoms in total. The van der Waals surface area contributed by atoms with Crippen LogP contribution in [0.1, 0.15) is 45.9 Å². The van der Waals surface area contributed by atoms with Crippen LogP contribution in [0.2, 0.25) is 0 Å². The van der Waals surface area contributed by atoms with E-state index in [1.54, 1.807) is 6.26 Å². The first-order valence-electron chi connectivity index (χ1n) is 5.39. The molecule has 1 aromatic rings. The molecule has 1 aromatic heterocycles. The summed E-state index contributed by atoms with van der Waals surface area (Å²) >= 11 is 0. The lowest BCUT2D eigenvalue weighted by Gasteiger charge is -2.19. The maximum absolute atomic E-state index is 5.34. The third-order valence-electron chi connectivity index (χ3n) is 2.33. The second-order valence-electron chi connectivity index (χ2n) is 4.43. The number of nitrogens with one attached hydrogen (secondary N) is 1. The van der Waals surface area contributed by atoms with Crippen LogP contribution in [0.3, 0.4) is 0 Å². The van der Waals surface area contributed by atoms with Crippen molar-refractivity contribution in [2.45, 2.75) is 46.2 Å². The SMILES string of the molecule is CC(C)CC(C)NC(C)c1ccco1. The van der Waals surface area contributed by atoms with Crippen molar-refractivity contribution in [2.75, 3.05) is 0 Å². The van der Waals surface area contributed by atoms with E-state index in [4.69, 9.17) is 4.42 Å². The molecule has 0 aliphatic heterocycles. The molecule has 0 saturated heterocycles. The Morgan fingerprint density at radius 1 is 1.29 bits per heavy atom. The number of hydrogen-bond donors (Lipinski definition) is 1. The van der Waals surface area contributed by atoms with Gasteiger partial charge in [-0.15, -0.1) is 0 Å². The van der Waals surface area contributed by atoms with Crippen LogP contribution in [0.4, 0.5) is 0 Å². The highest BCUT2D eigenvalue weighted by Crippen LogP contribution is 2.14. The van der Waals surface area contributed by atoms with Gasteiger partial charge in [0.2, 0.25) is 0 Å². The topological polar surface area (TPSA) is 25.2 Å². The predicted octanol–water partition coefficient (Wildman–Crippen LogP) is 3.36. The molecule has 14 heavy (non-hydrogen) atoms. The normalized spacial score (nSPS) is 15.8. The van der Waals surface area contributed by atoms with Crippen LogP contribution in [0.15, 0.2) is 22.8 Å². The first-order valence-corrected chi connectivity index (χ1v) is 5.39. The van der Waals surface area contributed by atoms with E-state index in [-0.39, 0.29) is 0 Å². The van der Waals surface area contributed by atoms with E-state index in [0.717, 1.165) is 11.7 Å². The Morgan fingerprint density at radius 2 is 2.00 bits per heavy atom. The van der Waals surface area contributed by atoms with E-state index in [9.17, 15) is 0 Å². The van der Waals surface area contributed by atoms with E-state index in [2.05, 4.69) is 33.0 Å². The van der Waals surface area contributed by atoms with Gasteiger partial charge < -0.3 is 9.73 Å². The molecule has 0 spiro atoms. The summed E-state index contributed by atoms with van der Waals surface area (Å²) in [5.41, 5.74) is 0. The molecule has 1 rings (SSSR count). The van der Waals surface area contributed by atoms with Gasteiger partial charge in [-0.1, -0.05) is 13.8 Å². The van der Waals surface area contributed by atoms with Gasteiger partial charge in [0.15, 0.2) is 0 Å². The average Bonchev–Trinajstić information content (AvgIpc) is 2.53. The molecule has 0 aromatic carbocycles. The van der Waals surface area contributed by atoms with E-state index in [1.807, 2.05) is 12.1 Å². The van der Waals surface area contributed by atoms with Crippen LogP contribution in [-0.2, 0) is 0 Å². The Balaban J connectivity index is 2.37. The van der Waals surface area contributed by atoms with Crippen LogP contribution in [0.5, 0.6) is 0 Å².